The Kier molecular flexibility index (Phi) is 4.94. The van der Waals surface area contributed by atoms with Crippen LogP contribution in [-0.4, -0.2) is 22.9 Å². The third-order valence-electron chi connectivity index (χ3n) is 4.23. The second-order valence-electron chi connectivity index (χ2n) is 6.04. The number of amides is 1. The van der Waals surface area contributed by atoms with Crippen molar-refractivity contribution < 1.29 is 14.4 Å². The molecule has 1 fully saturated rings. The second-order valence-corrected chi connectivity index (χ2v) is 7.59. The van der Waals surface area contributed by atoms with E-state index in [0.29, 0.717) is 16.5 Å². The molecule has 126 valence electrons. The van der Waals surface area contributed by atoms with Crippen LogP contribution in [-0.2, 0) is 9.63 Å². The van der Waals surface area contributed by atoms with Gasteiger partial charge in [-0.05, 0) is 41.5 Å². The van der Waals surface area contributed by atoms with Crippen LogP contribution >= 0.6 is 11.8 Å². The first kappa shape index (κ1) is 16.6. The molecular weight excluding hydrogens is 324 g/mol. The number of carbonyl (C=O) groups is 2. The van der Waals surface area contributed by atoms with Gasteiger partial charge in [0.25, 0.3) is 5.91 Å². The molecule has 0 aromatic heterocycles. The molecule has 0 saturated carbocycles. The van der Waals surface area contributed by atoms with Gasteiger partial charge in [-0.3, -0.25) is 4.79 Å². The van der Waals surface area contributed by atoms with E-state index in [4.69, 9.17) is 10.6 Å². The van der Waals surface area contributed by atoms with Gasteiger partial charge in [0.15, 0.2) is 0 Å². The molecule has 2 unspecified atom stereocenters. The van der Waals surface area contributed by atoms with Gasteiger partial charge in [0.05, 0.1) is 11.5 Å². The maximum atomic E-state index is 12.3. The van der Waals surface area contributed by atoms with E-state index in [2.05, 4.69) is 12.4 Å². The molecule has 3 N–H and O–H groups in total. The number of hydrogen-bond donors (Lipinski definition) is 2. The fourth-order valence-corrected chi connectivity index (χ4v) is 4.09. The standard InChI is InChI=1S/C18H20N2O3S/c1-11-8-14(6-7-24-11)18(22)23-20-17(21)15-9-12-4-2-3-5-13(12)10-16(15)19/h2-5,9-11,14H,6-8,19H2,1H3,(H,20,21). The molecule has 2 aromatic carbocycles. The van der Waals surface area contributed by atoms with E-state index in [-0.39, 0.29) is 11.9 Å². The Labute approximate surface area is 144 Å². The van der Waals surface area contributed by atoms with Gasteiger partial charge >= 0.3 is 5.97 Å². The zero-order valence-electron chi connectivity index (χ0n) is 13.5. The third-order valence-corrected chi connectivity index (χ3v) is 5.46. The summed E-state index contributed by atoms with van der Waals surface area (Å²) in [5, 5.41) is 2.29. The molecule has 0 spiro atoms. The van der Waals surface area contributed by atoms with Crippen molar-refractivity contribution >= 4 is 40.1 Å². The van der Waals surface area contributed by atoms with Crippen LogP contribution in [0.4, 0.5) is 5.69 Å². The molecule has 6 heteroatoms. The highest BCUT2D eigenvalue weighted by Gasteiger charge is 2.27. The van der Waals surface area contributed by atoms with Crippen molar-refractivity contribution in [3.8, 4) is 0 Å². The summed E-state index contributed by atoms with van der Waals surface area (Å²) in [4.78, 5) is 29.4. The van der Waals surface area contributed by atoms with Gasteiger partial charge in [-0.15, -0.1) is 0 Å². The maximum Gasteiger partial charge on any atom is 0.335 e. The molecule has 1 aliphatic heterocycles. The van der Waals surface area contributed by atoms with Crippen LogP contribution in [0.1, 0.15) is 30.1 Å². The Bertz CT molecular complexity index is 778. The Morgan fingerprint density at radius 2 is 1.96 bits per heavy atom. The average molecular weight is 344 g/mol. The highest BCUT2D eigenvalue weighted by molar-refractivity contribution is 7.99. The van der Waals surface area contributed by atoms with Gasteiger partial charge in [-0.2, -0.15) is 17.2 Å². The summed E-state index contributed by atoms with van der Waals surface area (Å²) in [5.41, 5.74) is 8.84. The van der Waals surface area contributed by atoms with Crippen LogP contribution in [0.25, 0.3) is 10.8 Å². The average Bonchev–Trinajstić information content (AvgIpc) is 2.58. The highest BCUT2D eigenvalue weighted by Crippen LogP contribution is 2.29. The lowest BCUT2D eigenvalue weighted by Gasteiger charge is -2.24. The van der Waals surface area contributed by atoms with E-state index in [1.54, 1.807) is 12.1 Å². The normalized spacial score (nSPS) is 20.5. The molecule has 1 amide bonds. The van der Waals surface area contributed by atoms with Crippen LogP contribution in [0.3, 0.4) is 0 Å². The molecule has 3 rings (SSSR count). The Morgan fingerprint density at radius 1 is 1.25 bits per heavy atom. The Morgan fingerprint density at radius 3 is 2.67 bits per heavy atom. The van der Waals surface area contributed by atoms with Crippen molar-refractivity contribution in [1.29, 1.82) is 0 Å². The van der Waals surface area contributed by atoms with Gasteiger partial charge in [-0.1, -0.05) is 31.2 Å². The number of nitrogens with one attached hydrogen (secondary N) is 1. The Hall–Kier alpha value is -2.21. The molecule has 1 saturated heterocycles. The van der Waals surface area contributed by atoms with Crippen molar-refractivity contribution in [2.75, 3.05) is 11.5 Å². The van der Waals surface area contributed by atoms with E-state index in [0.717, 1.165) is 29.4 Å². The largest absolute Gasteiger partial charge is 0.398 e. The highest BCUT2D eigenvalue weighted by atomic mass is 32.2. The van der Waals surface area contributed by atoms with E-state index in [9.17, 15) is 9.59 Å². The number of thioether (sulfide) groups is 1. The Balaban J connectivity index is 1.66. The number of rotatable bonds is 2. The first-order valence-corrected chi connectivity index (χ1v) is 9.00. The van der Waals surface area contributed by atoms with Gasteiger partial charge in [0.2, 0.25) is 0 Å². The predicted octanol–water partition coefficient (Wildman–Crippen LogP) is 3.14. The number of fused-ring (bicyclic) bond motifs is 1. The number of anilines is 1. The second kappa shape index (κ2) is 7.13. The summed E-state index contributed by atoms with van der Waals surface area (Å²) in [6.45, 7) is 2.10. The van der Waals surface area contributed by atoms with Crippen LogP contribution < -0.4 is 11.2 Å². The van der Waals surface area contributed by atoms with Crippen molar-refractivity contribution in [3.63, 3.8) is 0 Å². The van der Waals surface area contributed by atoms with Crippen molar-refractivity contribution in [2.45, 2.75) is 25.0 Å². The van der Waals surface area contributed by atoms with E-state index in [1.165, 1.54) is 0 Å². The van der Waals surface area contributed by atoms with E-state index >= 15 is 0 Å². The first-order chi connectivity index (χ1) is 11.5. The smallest absolute Gasteiger partial charge is 0.335 e. The van der Waals surface area contributed by atoms with Gasteiger partial charge < -0.3 is 10.6 Å². The fourth-order valence-electron chi connectivity index (χ4n) is 2.90. The number of benzene rings is 2. The zero-order chi connectivity index (χ0) is 17.1. The molecule has 2 aromatic rings. The van der Waals surface area contributed by atoms with Gasteiger partial charge in [-0.25, -0.2) is 4.79 Å². The third kappa shape index (κ3) is 3.64. The van der Waals surface area contributed by atoms with Crippen LogP contribution in [0.15, 0.2) is 36.4 Å². The van der Waals surface area contributed by atoms with Gasteiger partial charge in [0, 0.05) is 10.9 Å². The monoisotopic (exact) mass is 344 g/mol. The number of carbonyl (C=O) groups excluding carboxylic acids is 2. The van der Waals surface area contributed by atoms with E-state index < -0.39 is 5.91 Å². The van der Waals surface area contributed by atoms with Crippen LogP contribution in [0.5, 0.6) is 0 Å². The summed E-state index contributed by atoms with van der Waals surface area (Å²) in [6, 6.07) is 11.1. The molecule has 1 heterocycles. The first-order valence-electron chi connectivity index (χ1n) is 7.95. The minimum atomic E-state index is -0.509. The molecule has 5 nitrogen and oxygen atoms in total. The molecule has 0 bridgehead atoms. The number of hydrogen-bond acceptors (Lipinski definition) is 5. The van der Waals surface area contributed by atoms with Crippen LogP contribution in [0, 0.1) is 5.92 Å². The zero-order valence-corrected chi connectivity index (χ0v) is 14.3. The summed E-state index contributed by atoms with van der Waals surface area (Å²) in [5.74, 6) is -0.109. The SMILES string of the molecule is CC1CC(C(=O)ONC(=O)c2cc3ccccc3cc2N)CCS1. The molecule has 24 heavy (non-hydrogen) atoms. The molecule has 2 atom stereocenters. The quantitative estimate of drug-likeness (QED) is 0.646. The minimum absolute atomic E-state index is 0.157. The number of nitrogen functional groups attached to an aromatic ring is 1. The molecule has 0 radical (unpaired) electrons. The van der Waals surface area contributed by atoms with Crippen molar-refractivity contribution in [1.82, 2.24) is 5.48 Å². The fraction of sp³-hybridized carbons (Fsp3) is 0.333. The minimum Gasteiger partial charge on any atom is -0.398 e. The summed E-state index contributed by atoms with van der Waals surface area (Å²) < 4.78 is 0. The number of nitrogens with two attached hydrogens (primary N) is 1. The molecule has 1 aliphatic rings. The number of hydroxylamine groups is 1. The molecular formula is C18H20N2O3S. The van der Waals surface area contributed by atoms with Gasteiger partial charge in [0.1, 0.15) is 0 Å². The lowest BCUT2D eigenvalue weighted by atomic mass is 10.0. The van der Waals surface area contributed by atoms with E-state index in [1.807, 2.05) is 36.0 Å². The van der Waals surface area contributed by atoms with Crippen LogP contribution in [0.2, 0.25) is 0 Å². The van der Waals surface area contributed by atoms with Crippen molar-refractivity contribution in [2.24, 2.45) is 5.92 Å². The molecule has 0 aliphatic carbocycles. The predicted molar refractivity (Wildman–Crippen MR) is 96.6 cm³/mol. The lowest BCUT2D eigenvalue weighted by molar-refractivity contribution is -0.154. The summed E-state index contributed by atoms with van der Waals surface area (Å²) in [7, 11) is 0. The topological polar surface area (TPSA) is 81.4 Å². The summed E-state index contributed by atoms with van der Waals surface area (Å²) >= 11 is 1.85. The maximum absolute atomic E-state index is 12.3. The lowest BCUT2D eigenvalue weighted by Crippen LogP contribution is -2.33. The van der Waals surface area contributed by atoms with Crippen molar-refractivity contribution in [3.05, 3.63) is 42.0 Å². The summed E-state index contributed by atoms with van der Waals surface area (Å²) in [6.07, 6.45) is 1.55.